The van der Waals surface area contributed by atoms with Crippen LogP contribution in [0.25, 0.3) is 11.6 Å². The van der Waals surface area contributed by atoms with Crippen molar-refractivity contribution in [3.05, 3.63) is 95.1 Å². The van der Waals surface area contributed by atoms with Crippen molar-refractivity contribution in [3.63, 3.8) is 0 Å². The second kappa shape index (κ2) is 10.3. The number of hydrogen-bond acceptors (Lipinski definition) is 4. The molecular formula is C26H25NO4. The molecule has 5 nitrogen and oxygen atoms in total. The molecule has 0 spiro atoms. The van der Waals surface area contributed by atoms with Gasteiger partial charge >= 0.3 is 5.97 Å². The SMILES string of the molecule is COc1ccccc1/C=C(/C(=O)OCC(=O)Nc1cccc(C)c1C)c1ccccc1. The zero-order chi connectivity index (χ0) is 22.2. The second-order valence-corrected chi connectivity index (χ2v) is 7.04. The first-order valence-corrected chi connectivity index (χ1v) is 9.93. The molecule has 0 aliphatic heterocycles. The summed E-state index contributed by atoms with van der Waals surface area (Å²) in [6.45, 7) is 3.52. The summed E-state index contributed by atoms with van der Waals surface area (Å²) < 4.78 is 10.7. The Morgan fingerprint density at radius 3 is 2.35 bits per heavy atom. The highest BCUT2D eigenvalue weighted by molar-refractivity contribution is 6.22. The van der Waals surface area contributed by atoms with E-state index in [1.165, 1.54) is 0 Å². The number of para-hydroxylation sites is 1. The molecule has 3 aromatic rings. The van der Waals surface area contributed by atoms with Gasteiger partial charge < -0.3 is 14.8 Å². The molecule has 3 rings (SSSR count). The van der Waals surface area contributed by atoms with Crippen LogP contribution in [0.3, 0.4) is 0 Å². The van der Waals surface area contributed by atoms with Crippen LogP contribution in [0.2, 0.25) is 0 Å². The van der Waals surface area contributed by atoms with Crippen molar-refractivity contribution in [2.75, 3.05) is 19.0 Å². The largest absolute Gasteiger partial charge is 0.496 e. The Balaban J connectivity index is 1.78. The minimum atomic E-state index is -0.590. The van der Waals surface area contributed by atoms with Gasteiger partial charge in [0.25, 0.3) is 5.91 Å². The van der Waals surface area contributed by atoms with E-state index in [1.807, 2.05) is 86.6 Å². The Morgan fingerprint density at radius 1 is 0.903 bits per heavy atom. The van der Waals surface area contributed by atoms with Gasteiger partial charge in [-0.3, -0.25) is 4.79 Å². The van der Waals surface area contributed by atoms with E-state index in [9.17, 15) is 9.59 Å². The number of aryl methyl sites for hydroxylation is 1. The van der Waals surface area contributed by atoms with Gasteiger partial charge in [0.1, 0.15) is 5.75 Å². The lowest BCUT2D eigenvalue weighted by Crippen LogP contribution is -2.22. The molecule has 1 amide bonds. The van der Waals surface area contributed by atoms with Gasteiger partial charge in [0.05, 0.1) is 12.7 Å². The van der Waals surface area contributed by atoms with E-state index >= 15 is 0 Å². The van der Waals surface area contributed by atoms with E-state index in [0.717, 1.165) is 16.7 Å². The fourth-order valence-corrected chi connectivity index (χ4v) is 3.10. The molecule has 5 heteroatoms. The predicted molar refractivity (Wildman–Crippen MR) is 123 cm³/mol. The molecule has 0 saturated carbocycles. The zero-order valence-corrected chi connectivity index (χ0v) is 17.8. The molecule has 31 heavy (non-hydrogen) atoms. The summed E-state index contributed by atoms with van der Waals surface area (Å²) in [7, 11) is 1.57. The summed E-state index contributed by atoms with van der Waals surface area (Å²) in [6, 6.07) is 22.2. The molecule has 0 radical (unpaired) electrons. The number of methoxy groups -OCH3 is 1. The molecule has 1 N–H and O–H groups in total. The Bertz CT molecular complexity index is 1100. The smallest absolute Gasteiger partial charge is 0.339 e. The molecule has 0 atom stereocenters. The molecule has 0 fully saturated rings. The third-order valence-electron chi connectivity index (χ3n) is 4.96. The first-order chi connectivity index (χ1) is 15.0. The molecular weight excluding hydrogens is 390 g/mol. The highest BCUT2D eigenvalue weighted by Crippen LogP contribution is 2.25. The third-order valence-corrected chi connectivity index (χ3v) is 4.96. The molecule has 0 saturated heterocycles. The Morgan fingerprint density at radius 2 is 1.61 bits per heavy atom. The van der Waals surface area contributed by atoms with Gasteiger partial charge in [-0.05, 0) is 48.7 Å². The van der Waals surface area contributed by atoms with Crippen LogP contribution in [0.15, 0.2) is 72.8 Å². The number of carbonyl (C=O) groups is 2. The lowest BCUT2D eigenvalue weighted by molar-refractivity contribution is -0.141. The van der Waals surface area contributed by atoms with Gasteiger partial charge in [-0.1, -0.05) is 60.7 Å². The zero-order valence-electron chi connectivity index (χ0n) is 17.8. The number of benzene rings is 3. The molecule has 0 aliphatic carbocycles. The number of rotatable bonds is 7. The minimum absolute atomic E-state index is 0.338. The van der Waals surface area contributed by atoms with Gasteiger partial charge in [-0.15, -0.1) is 0 Å². The van der Waals surface area contributed by atoms with E-state index in [4.69, 9.17) is 9.47 Å². The van der Waals surface area contributed by atoms with Crippen LogP contribution >= 0.6 is 0 Å². The monoisotopic (exact) mass is 415 g/mol. The van der Waals surface area contributed by atoms with Gasteiger partial charge in [-0.2, -0.15) is 0 Å². The molecule has 0 heterocycles. The van der Waals surface area contributed by atoms with Gasteiger partial charge in [-0.25, -0.2) is 4.79 Å². The Kier molecular flexibility index (Phi) is 7.22. The first kappa shape index (κ1) is 21.8. The lowest BCUT2D eigenvalue weighted by Gasteiger charge is -2.12. The lowest BCUT2D eigenvalue weighted by atomic mass is 10.0. The van der Waals surface area contributed by atoms with E-state index in [1.54, 1.807) is 13.2 Å². The number of anilines is 1. The number of hydrogen-bond donors (Lipinski definition) is 1. The molecule has 3 aromatic carbocycles. The number of ether oxygens (including phenoxy) is 2. The van der Waals surface area contributed by atoms with Crippen LogP contribution in [-0.4, -0.2) is 25.6 Å². The fourth-order valence-electron chi connectivity index (χ4n) is 3.10. The van der Waals surface area contributed by atoms with Crippen molar-refractivity contribution in [1.82, 2.24) is 0 Å². The van der Waals surface area contributed by atoms with Crippen molar-refractivity contribution < 1.29 is 19.1 Å². The number of nitrogens with one attached hydrogen (secondary N) is 1. The maximum atomic E-state index is 12.9. The first-order valence-electron chi connectivity index (χ1n) is 9.93. The Hall–Kier alpha value is -3.86. The summed E-state index contributed by atoms with van der Waals surface area (Å²) in [4.78, 5) is 25.3. The van der Waals surface area contributed by atoms with Crippen molar-refractivity contribution in [2.24, 2.45) is 0 Å². The summed E-state index contributed by atoms with van der Waals surface area (Å²) in [5.41, 5.74) is 4.51. The second-order valence-electron chi connectivity index (χ2n) is 7.04. The van der Waals surface area contributed by atoms with E-state index in [-0.39, 0.29) is 6.61 Å². The van der Waals surface area contributed by atoms with Crippen molar-refractivity contribution >= 4 is 29.2 Å². The third kappa shape index (κ3) is 5.60. The maximum absolute atomic E-state index is 12.9. The molecule has 0 aromatic heterocycles. The highest BCUT2D eigenvalue weighted by atomic mass is 16.5. The topological polar surface area (TPSA) is 64.6 Å². The van der Waals surface area contributed by atoms with Crippen LogP contribution in [0.1, 0.15) is 22.3 Å². The minimum Gasteiger partial charge on any atom is -0.496 e. The average molecular weight is 415 g/mol. The van der Waals surface area contributed by atoms with Gasteiger partial charge in [0.2, 0.25) is 0 Å². The number of amides is 1. The van der Waals surface area contributed by atoms with Crippen LogP contribution in [0.5, 0.6) is 5.75 Å². The summed E-state index contributed by atoms with van der Waals surface area (Å²) in [5, 5.41) is 2.80. The number of esters is 1. The van der Waals surface area contributed by atoms with Gasteiger partial charge in [0.15, 0.2) is 6.61 Å². The van der Waals surface area contributed by atoms with E-state index in [2.05, 4.69) is 5.32 Å². The van der Waals surface area contributed by atoms with Crippen molar-refractivity contribution in [2.45, 2.75) is 13.8 Å². The van der Waals surface area contributed by atoms with Crippen LogP contribution in [0, 0.1) is 13.8 Å². The number of carbonyl (C=O) groups excluding carboxylic acids is 2. The highest BCUT2D eigenvalue weighted by Gasteiger charge is 2.17. The summed E-state index contributed by atoms with van der Waals surface area (Å²) in [6.07, 6.45) is 1.71. The maximum Gasteiger partial charge on any atom is 0.339 e. The van der Waals surface area contributed by atoms with Crippen LogP contribution in [-0.2, 0) is 14.3 Å². The fraction of sp³-hybridized carbons (Fsp3) is 0.154. The predicted octanol–water partition coefficient (Wildman–Crippen LogP) is 5.03. The quantitative estimate of drug-likeness (QED) is 0.334. The summed E-state index contributed by atoms with van der Waals surface area (Å²) >= 11 is 0. The molecule has 0 aliphatic rings. The van der Waals surface area contributed by atoms with Gasteiger partial charge in [0, 0.05) is 11.3 Å². The van der Waals surface area contributed by atoms with Crippen molar-refractivity contribution in [3.8, 4) is 5.75 Å². The normalized spacial score (nSPS) is 11.0. The molecule has 0 bridgehead atoms. The van der Waals surface area contributed by atoms with Crippen molar-refractivity contribution in [1.29, 1.82) is 0 Å². The van der Waals surface area contributed by atoms with E-state index < -0.39 is 11.9 Å². The van der Waals surface area contributed by atoms with E-state index in [0.29, 0.717) is 22.6 Å². The molecule has 0 unspecified atom stereocenters. The Labute approximate surface area is 182 Å². The average Bonchev–Trinajstić information content (AvgIpc) is 2.79. The van der Waals surface area contributed by atoms with Crippen LogP contribution < -0.4 is 10.1 Å². The molecule has 158 valence electrons. The van der Waals surface area contributed by atoms with Crippen LogP contribution in [0.4, 0.5) is 5.69 Å². The summed E-state index contributed by atoms with van der Waals surface area (Å²) in [5.74, 6) is -0.351. The standard InChI is InChI=1S/C26H25NO4/c1-18-10-9-14-23(19(18)2)27-25(28)17-31-26(29)22(20-11-5-4-6-12-20)16-21-13-7-8-15-24(21)30-3/h4-16H,17H2,1-3H3,(H,27,28)/b22-16+.